The van der Waals surface area contributed by atoms with Crippen molar-refractivity contribution in [3.8, 4) is 5.88 Å². The molecule has 22 heavy (non-hydrogen) atoms. The van der Waals surface area contributed by atoms with Crippen molar-refractivity contribution in [1.82, 2.24) is 9.97 Å². The summed E-state index contributed by atoms with van der Waals surface area (Å²) in [4.78, 5) is 29.8. The zero-order chi connectivity index (χ0) is 15.9. The number of benzene rings is 1. The molecule has 0 aliphatic carbocycles. The summed E-state index contributed by atoms with van der Waals surface area (Å²) in [5.74, 6) is -0.266. The van der Waals surface area contributed by atoms with Crippen molar-refractivity contribution in [2.45, 2.75) is 40.0 Å². The molecule has 0 aliphatic heterocycles. The molecule has 0 saturated carbocycles. The number of carbonyl (C=O) groups excluding carboxylic acids is 1. The summed E-state index contributed by atoms with van der Waals surface area (Å²) in [6, 6.07) is 9.92. The van der Waals surface area contributed by atoms with E-state index in [1.165, 1.54) is 6.92 Å². The summed E-state index contributed by atoms with van der Waals surface area (Å²) in [5, 5.41) is 0. The first-order chi connectivity index (χ1) is 10.6. The molecule has 1 heterocycles. The normalized spacial score (nSPS) is 10.3. The van der Waals surface area contributed by atoms with Gasteiger partial charge >= 0.3 is 5.97 Å². The van der Waals surface area contributed by atoms with E-state index in [1.54, 1.807) is 0 Å². The highest BCUT2D eigenvalue weighted by atomic mass is 17.2. The molecule has 0 N–H and O–H groups in total. The van der Waals surface area contributed by atoms with Crippen LogP contribution in [0.2, 0.25) is 0 Å². The summed E-state index contributed by atoms with van der Waals surface area (Å²) in [6.45, 7) is 5.34. The summed E-state index contributed by atoms with van der Waals surface area (Å²) in [5.41, 5.74) is 3.57. The third kappa shape index (κ3) is 4.04. The predicted octanol–water partition coefficient (Wildman–Crippen LogP) is 3.05. The molecular formula is C17H20N2O3. The molecule has 0 radical (unpaired) electrons. The topological polar surface area (TPSA) is 61.3 Å². The largest absolute Gasteiger partial charge is 0.352 e. The molecule has 116 valence electrons. The molecule has 5 heteroatoms. The number of hydrogen-bond acceptors (Lipinski definition) is 5. The Hall–Kier alpha value is -2.43. The van der Waals surface area contributed by atoms with Crippen LogP contribution in [-0.4, -0.2) is 15.9 Å². The Bertz CT molecular complexity index is 642. The Kier molecular flexibility index (Phi) is 5.47. The molecule has 0 unspecified atom stereocenters. The van der Waals surface area contributed by atoms with E-state index < -0.39 is 5.97 Å². The Morgan fingerprint density at radius 1 is 1.00 bits per heavy atom. The van der Waals surface area contributed by atoms with Gasteiger partial charge in [0.1, 0.15) is 5.69 Å². The molecule has 0 saturated heterocycles. The molecule has 5 nitrogen and oxygen atoms in total. The molecule has 1 aromatic carbocycles. The van der Waals surface area contributed by atoms with Crippen LogP contribution in [0.5, 0.6) is 5.88 Å². The molecule has 0 fully saturated rings. The average molecular weight is 300 g/mol. The lowest BCUT2D eigenvalue weighted by Gasteiger charge is -2.12. The van der Waals surface area contributed by atoms with E-state index in [0.29, 0.717) is 12.1 Å². The van der Waals surface area contributed by atoms with Crippen LogP contribution in [-0.2, 0) is 28.9 Å². The van der Waals surface area contributed by atoms with Gasteiger partial charge in [-0.25, -0.2) is 19.7 Å². The molecule has 1 aromatic heterocycles. The minimum atomic E-state index is -0.523. The third-order valence-electron chi connectivity index (χ3n) is 3.21. The van der Waals surface area contributed by atoms with Crippen LogP contribution < -0.4 is 4.89 Å². The molecule has 0 spiro atoms. The first-order valence-corrected chi connectivity index (χ1v) is 7.41. The van der Waals surface area contributed by atoms with Gasteiger partial charge in [0, 0.05) is 13.3 Å². The Morgan fingerprint density at radius 3 is 2.23 bits per heavy atom. The molecule has 0 atom stereocenters. The maximum Gasteiger partial charge on any atom is 0.352 e. The van der Waals surface area contributed by atoms with E-state index in [0.717, 1.165) is 29.8 Å². The number of aromatic nitrogens is 2. The van der Waals surface area contributed by atoms with Gasteiger partial charge in [0.15, 0.2) is 0 Å². The Balaban J connectivity index is 2.36. The molecule has 0 aliphatic rings. The van der Waals surface area contributed by atoms with Gasteiger partial charge in [-0.15, -0.1) is 0 Å². The second-order valence-electron chi connectivity index (χ2n) is 4.90. The summed E-state index contributed by atoms with van der Waals surface area (Å²) in [6.07, 6.45) is 2.12. The van der Waals surface area contributed by atoms with Gasteiger partial charge in [0.05, 0.1) is 11.4 Å². The van der Waals surface area contributed by atoms with Crippen molar-refractivity contribution in [3.05, 3.63) is 53.0 Å². The van der Waals surface area contributed by atoms with Gasteiger partial charge in [0.2, 0.25) is 0 Å². The van der Waals surface area contributed by atoms with Crippen LogP contribution >= 0.6 is 0 Å². The lowest BCUT2D eigenvalue weighted by molar-refractivity contribution is -0.213. The molecular weight excluding hydrogens is 280 g/mol. The number of aryl methyl sites for hydroxylation is 2. The third-order valence-corrected chi connectivity index (χ3v) is 3.21. The fraction of sp³-hybridized carbons (Fsp3) is 0.353. The first kappa shape index (κ1) is 15.9. The molecule has 0 amide bonds. The van der Waals surface area contributed by atoms with Gasteiger partial charge in [-0.05, 0) is 18.4 Å². The first-order valence-electron chi connectivity index (χ1n) is 7.41. The van der Waals surface area contributed by atoms with Crippen molar-refractivity contribution in [2.24, 2.45) is 0 Å². The summed E-state index contributed by atoms with van der Waals surface area (Å²) < 4.78 is 0. The van der Waals surface area contributed by atoms with Crippen molar-refractivity contribution in [1.29, 1.82) is 0 Å². The molecule has 2 rings (SSSR count). The maximum atomic E-state index is 11.0. The number of hydrogen-bond donors (Lipinski definition) is 0. The Morgan fingerprint density at radius 2 is 1.64 bits per heavy atom. The lowest BCUT2D eigenvalue weighted by atomic mass is 10.1. The SMILES string of the molecule is CCc1nc(Cc2ccccc2)c(OOC(C)=O)nc1CC. The highest BCUT2D eigenvalue weighted by Crippen LogP contribution is 2.21. The van der Waals surface area contributed by atoms with Crippen LogP contribution in [0, 0.1) is 0 Å². The second-order valence-corrected chi connectivity index (χ2v) is 4.90. The second kappa shape index (κ2) is 7.54. The van der Waals surface area contributed by atoms with E-state index in [4.69, 9.17) is 4.89 Å². The average Bonchev–Trinajstić information content (AvgIpc) is 2.54. The zero-order valence-electron chi connectivity index (χ0n) is 13.1. The van der Waals surface area contributed by atoms with Gasteiger partial charge in [-0.2, -0.15) is 0 Å². The zero-order valence-corrected chi connectivity index (χ0v) is 13.1. The van der Waals surface area contributed by atoms with Crippen molar-refractivity contribution in [3.63, 3.8) is 0 Å². The number of rotatable bonds is 6. The molecule has 0 bridgehead atoms. The predicted molar refractivity (Wildman–Crippen MR) is 82.4 cm³/mol. The lowest BCUT2D eigenvalue weighted by Crippen LogP contribution is -2.11. The van der Waals surface area contributed by atoms with Crippen molar-refractivity contribution >= 4 is 5.97 Å². The van der Waals surface area contributed by atoms with E-state index >= 15 is 0 Å². The maximum absolute atomic E-state index is 11.0. The fourth-order valence-electron chi connectivity index (χ4n) is 2.16. The summed E-state index contributed by atoms with van der Waals surface area (Å²) in [7, 11) is 0. The Labute approximate surface area is 130 Å². The standard InChI is InChI=1S/C17H20N2O3/c1-4-14-15(5-2)19-17(22-21-12(3)20)16(18-14)11-13-9-7-6-8-10-13/h6-10H,4-5,11H2,1-3H3. The quantitative estimate of drug-likeness (QED) is 0.606. The van der Waals surface area contributed by atoms with Gasteiger partial charge in [-0.1, -0.05) is 44.2 Å². The smallest absolute Gasteiger partial charge is 0.264 e. The van der Waals surface area contributed by atoms with Crippen LogP contribution in [0.3, 0.4) is 0 Å². The van der Waals surface area contributed by atoms with Crippen molar-refractivity contribution < 1.29 is 14.6 Å². The molecule has 2 aromatic rings. The van der Waals surface area contributed by atoms with Gasteiger partial charge in [-0.3, -0.25) is 4.89 Å². The monoisotopic (exact) mass is 300 g/mol. The van der Waals surface area contributed by atoms with E-state index in [-0.39, 0.29) is 5.88 Å². The number of nitrogens with zero attached hydrogens (tertiary/aromatic N) is 2. The highest BCUT2D eigenvalue weighted by Gasteiger charge is 2.15. The van der Waals surface area contributed by atoms with E-state index in [9.17, 15) is 4.79 Å². The minimum absolute atomic E-state index is 0.258. The van der Waals surface area contributed by atoms with Gasteiger partial charge in [0.25, 0.3) is 5.88 Å². The van der Waals surface area contributed by atoms with Gasteiger partial charge < -0.3 is 0 Å². The summed E-state index contributed by atoms with van der Waals surface area (Å²) >= 11 is 0. The van der Waals surface area contributed by atoms with Crippen LogP contribution in [0.15, 0.2) is 30.3 Å². The van der Waals surface area contributed by atoms with Crippen LogP contribution in [0.1, 0.15) is 43.4 Å². The fourth-order valence-corrected chi connectivity index (χ4v) is 2.16. The van der Waals surface area contributed by atoms with E-state index in [2.05, 4.69) is 14.9 Å². The van der Waals surface area contributed by atoms with E-state index in [1.807, 2.05) is 44.2 Å². The van der Waals surface area contributed by atoms with Crippen LogP contribution in [0.25, 0.3) is 0 Å². The number of carbonyl (C=O) groups is 1. The minimum Gasteiger partial charge on any atom is -0.264 e. The highest BCUT2D eigenvalue weighted by molar-refractivity contribution is 5.65. The van der Waals surface area contributed by atoms with Crippen molar-refractivity contribution in [2.75, 3.05) is 0 Å². The van der Waals surface area contributed by atoms with Crippen LogP contribution in [0.4, 0.5) is 0 Å².